The first-order valence-corrected chi connectivity index (χ1v) is 11.7. The van der Waals surface area contributed by atoms with Gasteiger partial charge in [-0.05, 0) is 12.8 Å². The minimum absolute atomic E-state index is 0.0235. The third-order valence-electron chi connectivity index (χ3n) is 5.30. The molecule has 11 heteroatoms. The van der Waals surface area contributed by atoms with Crippen molar-refractivity contribution < 1.29 is 43.9 Å². The van der Waals surface area contributed by atoms with E-state index in [1.165, 1.54) is 6.92 Å². The molecule has 2 amide bonds. The maximum absolute atomic E-state index is 11.9. The number of carbonyl (C=O) groups is 3. The highest BCUT2D eigenvalue weighted by molar-refractivity contribution is 5.78. The fourth-order valence-electron chi connectivity index (χ4n) is 3.39. The van der Waals surface area contributed by atoms with Gasteiger partial charge in [0.15, 0.2) is 6.29 Å². The zero-order valence-electron chi connectivity index (χ0n) is 19.7. The van der Waals surface area contributed by atoms with Crippen LogP contribution in [-0.4, -0.2) is 96.5 Å². The first kappa shape index (κ1) is 29.4. The van der Waals surface area contributed by atoms with E-state index in [0.717, 1.165) is 19.3 Å². The molecule has 0 bridgehead atoms. The summed E-state index contributed by atoms with van der Waals surface area (Å²) in [6.45, 7) is 4.07. The number of ketones is 1. The number of ether oxygens (including phenoxy) is 3. The predicted octanol–water partition coefficient (Wildman–Crippen LogP) is -0.601. The summed E-state index contributed by atoms with van der Waals surface area (Å²) in [6.07, 6.45) is -0.244. The van der Waals surface area contributed by atoms with E-state index >= 15 is 0 Å². The lowest BCUT2D eigenvalue weighted by molar-refractivity contribution is -0.270. The number of carbonyl (C=O) groups excluding carboxylic acids is 3. The Balaban J connectivity index is 2.14. The molecule has 1 aliphatic heterocycles. The molecule has 192 valence electrons. The molecule has 1 fully saturated rings. The van der Waals surface area contributed by atoms with Gasteiger partial charge in [0, 0.05) is 39.3 Å². The van der Waals surface area contributed by atoms with Gasteiger partial charge in [-0.3, -0.25) is 14.4 Å². The van der Waals surface area contributed by atoms with Gasteiger partial charge in [0.2, 0.25) is 11.8 Å². The SMILES string of the molecule is CCC(=O)NCCOCCC(=O)CCCCCCO[C@@H]1O[C@H](CO)[C@H](O)[C@H](O)[C@@H]1NC(C)=O. The Bertz CT molecular complexity index is 590. The molecule has 0 saturated carbocycles. The molecule has 1 heterocycles. The average molecular weight is 477 g/mol. The van der Waals surface area contributed by atoms with Gasteiger partial charge in [0.25, 0.3) is 0 Å². The Morgan fingerprint density at radius 3 is 2.36 bits per heavy atom. The van der Waals surface area contributed by atoms with Gasteiger partial charge < -0.3 is 40.2 Å². The topological polar surface area (TPSA) is 164 Å². The molecule has 1 aliphatic rings. The van der Waals surface area contributed by atoms with Crippen molar-refractivity contribution in [3.8, 4) is 0 Å². The molecule has 11 nitrogen and oxygen atoms in total. The van der Waals surface area contributed by atoms with Crippen molar-refractivity contribution in [3.63, 3.8) is 0 Å². The van der Waals surface area contributed by atoms with Gasteiger partial charge >= 0.3 is 0 Å². The van der Waals surface area contributed by atoms with Crippen LogP contribution >= 0.6 is 0 Å². The Hall–Kier alpha value is -1.63. The Labute approximate surface area is 195 Å². The maximum atomic E-state index is 11.9. The van der Waals surface area contributed by atoms with Crippen molar-refractivity contribution in [2.24, 2.45) is 0 Å². The summed E-state index contributed by atoms with van der Waals surface area (Å²) in [6, 6.07) is -0.942. The molecular weight excluding hydrogens is 436 g/mol. The number of aliphatic hydroxyl groups excluding tert-OH is 3. The minimum atomic E-state index is -1.34. The van der Waals surface area contributed by atoms with Crippen molar-refractivity contribution in [1.29, 1.82) is 0 Å². The molecule has 0 aromatic carbocycles. The highest BCUT2D eigenvalue weighted by Gasteiger charge is 2.45. The van der Waals surface area contributed by atoms with E-state index in [-0.39, 0.29) is 11.7 Å². The Morgan fingerprint density at radius 1 is 0.970 bits per heavy atom. The van der Waals surface area contributed by atoms with Crippen molar-refractivity contribution in [2.45, 2.75) is 89.4 Å². The van der Waals surface area contributed by atoms with Crippen molar-refractivity contribution in [3.05, 3.63) is 0 Å². The van der Waals surface area contributed by atoms with E-state index < -0.39 is 43.2 Å². The van der Waals surface area contributed by atoms with Crippen molar-refractivity contribution in [1.82, 2.24) is 10.6 Å². The number of unbranched alkanes of at least 4 members (excludes halogenated alkanes) is 3. The summed E-state index contributed by atoms with van der Waals surface area (Å²) in [7, 11) is 0. The smallest absolute Gasteiger partial charge is 0.219 e. The standard InChI is InChI=1S/C22H40N2O9/c1-3-18(28)23-10-13-31-12-9-16(27)8-6-4-5-7-11-32-22-19(24-15(2)26)21(30)20(29)17(14-25)33-22/h17,19-22,25,29-30H,3-14H2,1-2H3,(H,23,28)(H,24,26)/t17-,19+,20+,21-,22-/m1/s1. The van der Waals surface area contributed by atoms with Crippen LogP contribution in [0, 0.1) is 0 Å². The highest BCUT2D eigenvalue weighted by atomic mass is 16.7. The Morgan fingerprint density at radius 2 is 1.70 bits per heavy atom. The van der Waals surface area contributed by atoms with Crippen molar-refractivity contribution in [2.75, 3.05) is 33.0 Å². The van der Waals surface area contributed by atoms with Crippen LogP contribution in [0.2, 0.25) is 0 Å². The summed E-state index contributed by atoms with van der Waals surface area (Å²) in [4.78, 5) is 34.3. The third-order valence-corrected chi connectivity index (χ3v) is 5.30. The van der Waals surface area contributed by atoms with Crippen molar-refractivity contribution >= 4 is 17.6 Å². The molecule has 0 spiro atoms. The number of hydrogen-bond acceptors (Lipinski definition) is 9. The van der Waals surface area contributed by atoms with Crippen LogP contribution in [0.25, 0.3) is 0 Å². The van der Waals surface area contributed by atoms with Gasteiger partial charge in [-0.1, -0.05) is 19.8 Å². The van der Waals surface area contributed by atoms with Crippen LogP contribution in [-0.2, 0) is 28.6 Å². The second-order valence-electron chi connectivity index (χ2n) is 8.07. The lowest BCUT2D eigenvalue weighted by atomic mass is 9.97. The van der Waals surface area contributed by atoms with E-state index in [1.807, 2.05) is 0 Å². The molecule has 5 atom stereocenters. The van der Waals surface area contributed by atoms with Gasteiger partial charge in [-0.25, -0.2) is 0 Å². The number of hydrogen-bond donors (Lipinski definition) is 5. The minimum Gasteiger partial charge on any atom is -0.394 e. The summed E-state index contributed by atoms with van der Waals surface area (Å²) < 4.78 is 16.5. The van der Waals surface area contributed by atoms with Crippen LogP contribution in [0.3, 0.4) is 0 Å². The van der Waals surface area contributed by atoms with Gasteiger partial charge in [0.1, 0.15) is 30.1 Å². The normalized spacial score (nSPS) is 24.9. The quantitative estimate of drug-likeness (QED) is 0.172. The molecule has 0 aliphatic carbocycles. The van der Waals surface area contributed by atoms with Crippen LogP contribution in [0.15, 0.2) is 0 Å². The van der Waals surface area contributed by atoms with E-state index in [9.17, 15) is 29.7 Å². The fourth-order valence-corrected chi connectivity index (χ4v) is 3.39. The molecule has 5 N–H and O–H groups in total. The molecule has 0 aromatic rings. The first-order valence-electron chi connectivity index (χ1n) is 11.7. The number of nitrogens with one attached hydrogen (secondary N) is 2. The molecule has 1 rings (SSSR count). The molecule has 0 radical (unpaired) electrons. The number of rotatable bonds is 17. The van der Waals surface area contributed by atoms with Crippen LogP contribution < -0.4 is 10.6 Å². The lowest BCUT2D eigenvalue weighted by Gasteiger charge is -2.42. The van der Waals surface area contributed by atoms with Gasteiger partial charge in [0.05, 0.1) is 19.8 Å². The second kappa shape index (κ2) is 16.9. The largest absolute Gasteiger partial charge is 0.394 e. The molecular formula is C22H40N2O9. The monoisotopic (exact) mass is 476 g/mol. The molecule has 33 heavy (non-hydrogen) atoms. The number of amides is 2. The zero-order valence-corrected chi connectivity index (χ0v) is 19.7. The van der Waals surface area contributed by atoms with Crippen LogP contribution in [0.1, 0.15) is 58.8 Å². The molecule has 1 saturated heterocycles. The summed E-state index contributed by atoms with van der Waals surface area (Å²) in [5.74, 6) is -0.283. The number of aliphatic hydroxyl groups is 3. The fraction of sp³-hybridized carbons (Fsp3) is 0.864. The maximum Gasteiger partial charge on any atom is 0.219 e. The summed E-state index contributed by atoms with van der Waals surface area (Å²) >= 11 is 0. The first-order chi connectivity index (χ1) is 15.8. The summed E-state index contributed by atoms with van der Waals surface area (Å²) in [5, 5.41) is 34.7. The van der Waals surface area contributed by atoms with E-state index in [0.29, 0.717) is 52.0 Å². The second-order valence-corrected chi connectivity index (χ2v) is 8.07. The molecule has 0 unspecified atom stereocenters. The van der Waals surface area contributed by atoms with Crippen LogP contribution in [0.4, 0.5) is 0 Å². The van der Waals surface area contributed by atoms with E-state index in [2.05, 4.69) is 10.6 Å². The van der Waals surface area contributed by atoms with Crippen LogP contribution in [0.5, 0.6) is 0 Å². The highest BCUT2D eigenvalue weighted by Crippen LogP contribution is 2.22. The predicted molar refractivity (Wildman–Crippen MR) is 118 cm³/mol. The third kappa shape index (κ3) is 11.9. The average Bonchev–Trinajstić information content (AvgIpc) is 2.79. The van der Waals surface area contributed by atoms with Gasteiger partial charge in [-0.15, -0.1) is 0 Å². The molecule has 0 aromatic heterocycles. The number of Topliss-reactive ketones (excluding diaryl/α,β-unsaturated/α-hetero) is 1. The zero-order chi connectivity index (χ0) is 24.6. The lowest BCUT2D eigenvalue weighted by Crippen LogP contribution is -2.64. The van der Waals surface area contributed by atoms with E-state index in [1.54, 1.807) is 6.92 Å². The van der Waals surface area contributed by atoms with E-state index in [4.69, 9.17) is 14.2 Å². The Kier molecular flexibility index (Phi) is 15.1. The summed E-state index contributed by atoms with van der Waals surface area (Å²) in [5.41, 5.74) is 0. The van der Waals surface area contributed by atoms with Gasteiger partial charge in [-0.2, -0.15) is 0 Å².